The Labute approximate surface area is 175 Å². The lowest BCUT2D eigenvalue weighted by atomic mass is 10.1. The Hall–Kier alpha value is -3.29. The molecule has 1 aliphatic heterocycles. The molecule has 156 valence electrons. The number of carbonyl (C=O) groups is 1. The molecule has 3 heterocycles. The second-order valence-corrected chi connectivity index (χ2v) is 7.69. The van der Waals surface area contributed by atoms with E-state index in [9.17, 15) is 9.18 Å². The molecule has 0 unspecified atom stereocenters. The summed E-state index contributed by atoms with van der Waals surface area (Å²) < 4.78 is 14.9. The number of fused-ring (bicyclic) bond motifs is 1. The molecule has 1 aromatic carbocycles. The average molecular weight is 408 g/mol. The molecule has 3 aromatic rings. The summed E-state index contributed by atoms with van der Waals surface area (Å²) in [5, 5.41) is 7.33. The topological polar surface area (TPSA) is 75.9 Å². The van der Waals surface area contributed by atoms with Crippen LogP contribution in [-0.4, -0.2) is 38.7 Å². The summed E-state index contributed by atoms with van der Waals surface area (Å²) in [7, 11) is 1.88. The number of nitrogens with one attached hydrogen (secondary N) is 1. The summed E-state index contributed by atoms with van der Waals surface area (Å²) >= 11 is 0. The van der Waals surface area contributed by atoms with Crippen LogP contribution in [0.4, 0.5) is 15.9 Å². The van der Waals surface area contributed by atoms with E-state index in [1.54, 1.807) is 12.1 Å². The van der Waals surface area contributed by atoms with Crippen molar-refractivity contribution in [3.63, 3.8) is 0 Å². The van der Waals surface area contributed by atoms with E-state index in [0.717, 1.165) is 47.8 Å². The Balaban J connectivity index is 1.39. The van der Waals surface area contributed by atoms with Crippen LogP contribution < -0.4 is 10.2 Å². The van der Waals surface area contributed by atoms with E-state index in [4.69, 9.17) is 0 Å². The molecule has 0 aliphatic carbocycles. The number of rotatable bonds is 6. The molecule has 0 radical (unpaired) electrons. The number of hydrogen-bond acceptors (Lipinski definition) is 5. The first-order valence-electron chi connectivity index (χ1n) is 10.1. The highest BCUT2D eigenvalue weighted by molar-refractivity contribution is 6.02. The number of hydrogen-bond donors (Lipinski definition) is 1. The van der Waals surface area contributed by atoms with E-state index in [-0.39, 0.29) is 17.8 Å². The maximum absolute atomic E-state index is 13.0. The van der Waals surface area contributed by atoms with Crippen molar-refractivity contribution in [2.45, 2.75) is 45.7 Å². The molecule has 0 saturated heterocycles. The minimum Gasteiger partial charge on any atom is -0.346 e. The fourth-order valence-corrected chi connectivity index (χ4v) is 3.52. The smallest absolute Gasteiger partial charge is 0.246 e. The number of aryl methyl sites for hydroxylation is 5. The minimum atomic E-state index is -0.265. The van der Waals surface area contributed by atoms with Gasteiger partial charge < -0.3 is 10.2 Å². The zero-order valence-electron chi connectivity index (χ0n) is 17.4. The third kappa shape index (κ3) is 4.17. The lowest BCUT2D eigenvalue weighted by Crippen LogP contribution is -2.45. The van der Waals surface area contributed by atoms with Gasteiger partial charge in [-0.3, -0.25) is 9.48 Å². The van der Waals surface area contributed by atoms with Crippen LogP contribution in [-0.2, 0) is 30.6 Å². The van der Waals surface area contributed by atoms with Crippen molar-refractivity contribution < 1.29 is 9.18 Å². The molecule has 2 aromatic heterocycles. The highest BCUT2D eigenvalue weighted by Crippen LogP contribution is 2.31. The number of aromatic nitrogens is 4. The summed E-state index contributed by atoms with van der Waals surface area (Å²) in [5.41, 5.74) is 3.66. The summed E-state index contributed by atoms with van der Waals surface area (Å²) in [5.74, 6) is 1.25. The van der Waals surface area contributed by atoms with Crippen molar-refractivity contribution >= 4 is 17.4 Å². The Morgan fingerprint density at radius 2 is 1.87 bits per heavy atom. The van der Waals surface area contributed by atoms with Crippen LogP contribution in [0.1, 0.15) is 29.6 Å². The van der Waals surface area contributed by atoms with E-state index in [0.29, 0.717) is 12.1 Å². The molecule has 0 spiro atoms. The van der Waals surface area contributed by atoms with Crippen LogP contribution in [0.15, 0.2) is 36.7 Å². The first-order chi connectivity index (χ1) is 14.4. The molecule has 1 aliphatic rings. The SMILES string of the molecule is Cc1nc(CCc2cnn(CCc3ccc(F)cc3)c2)nc2c1NC(=O)[C@H](C)N2C. The fourth-order valence-electron chi connectivity index (χ4n) is 3.52. The Morgan fingerprint density at radius 3 is 2.63 bits per heavy atom. The highest BCUT2D eigenvalue weighted by atomic mass is 19.1. The Bertz CT molecular complexity index is 1060. The van der Waals surface area contributed by atoms with Crippen molar-refractivity contribution in [2.24, 2.45) is 0 Å². The normalized spacial score (nSPS) is 15.8. The van der Waals surface area contributed by atoms with Crippen LogP contribution in [0.3, 0.4) is 0 Å². The zero-order chi connectivity index (χ0) is 21.3. The molecule has 0 bridgehead atoms. The Kier molecular flexibility index (Phi) is 5.48. The molecule has 1 atom stereocenters. The molecule has 1 amide bonds. The van der Waals surface area contributed by atoms with Gasteiger partial charge in [-0.25, -0.2) is 14.4 Å². The Morgan fingerprint density at radius 1 is 1.10 bits per heavy atom. The van der Waals surface area contributed by atoms with Gasteiger partial charge >= 0.3 is 0 Å². The molecular formula is C22H25FN6O. The van der Waals surface area contributed by atoms with Gasteiger partial charge in [0.1, 0.15) is 23.4 Å². The fraction of sp³-hybridized carbons (Fsp3) is 0.364. The largest absolute Gasteiger partial charge is 0.346 e. The second-order valence-electron chi connectivity index (χ2n) is 7.69. The molecule has 1 N–H and O–H groups in total. The van der Waals surface area contributed by atoms with Crippen molar-refractivity contribution in [3.8, 4) is 0 Å². The third-order valence-corrected chi connectivity index (χ3v) is 5.53. The van der Waals surface area contributed by atoms with E-state index >= 15 is 0 Å². The third-order valence-electron chi connectivity index (χ3n) is 5.53. The molecular weight excluding hydrogens is 383 g/mol. The van der Waals surface area contributed by atoms with E-state index in [2.05, 4.69) is 20.4 Å². The second kappa shape index (κ2) is 8.22. The number of amides is 1. The van der Waals surface area contributed by atoms with Gasteiger partial charge in [-0.15, -0.1) is 0 Å². The summed E-state index contributed by atoms with van der Waals surface area (Å²) in [4.78, 5) is 23.2. The summed E-state index contributed by atoms with van der Waals surface area (Å²) in [6.07, 6.45) is 6.16. The van der Waals surface area contributed by atoms with E-state index in [1.165, 1.54) is 12.1 Å². The van der Waals surface area contributed by atoms with Crippen molar-refractivity contribution in [1.82, 2.24) is 19.7 Å². The maximum Gasteiger partial charge on any atom is 0.246 e. The van der Waals surface area contributed by atoms with Crippen molar-refractivity contribution in [2.75, 3.05) is 17.3 Å². The van der Waals surface area contributed by atoms with E-state index in [1.807, 2.05) is 42.9 Å². The number of carbonyl (C=O) groups excluding carboxylic acids is 1. The molecule has 7 nitrogen and oxygen atoms in total. The number of nitrogens with zero attached hydrogens (tertiary/aromatic N) is 5. The van der Waals surface area contributed by atoms with Gasteiger partial charge in [0, 0.05) is 26.2 Å². The van der Waals surface area contributed by atoms with Gasteiger partial charge in [-0.05, 0) is 49.9 Å². The van der Waals surface area contributed by atoms with Crippen LogP contribution in [0.2, 0.25) is 0 Å². The average Bonchev–Trinajstić information content (AvgIpc) is 3.19. The van der Waals surface area contributed by atoms with Crippen LogP contribution in [0.25, 0.3) is 0 Å². The lowest BCUT2D eigenvalue weighted by Gasteiger charge is -2.32. The van der Waals surface area contributed by atoms with Crippen LogP contribution in [0.5, 0.6) is 0 Å². The zero-order valence-corrected chi connectivity index (χ0v) is 17.4. The van der Waals surface area contributed by atoms with Crippen molar-refractivity contribution in [3.05, 3.63) is 65.1 Å². The van der Waals surface area contributed by atoms with Gasteiger partial charge in [0.25, 0.3) is 0 Å². The first-order valence-corrected chi connectivity index (χ1v) is 10.1. The number of benzene rings is 1. The monoisotopic (exact) mass is 408 g/mol. The lowest BCUT2D eigenvalue weighted by molar-refractivity contribution is -0.117. The van der Waals surface area contributed by atoms with Gasteiger partial charge in [0.05, 0.1) is 11.9 Å². The van der Waals surface area contributed by atoms with Gasteiger partial charge in [-0.1, -0.05) is 12.1 Å². The quantitative estimate of drug-likeness (QED) is 0.679. The van der Waals surface area contributed by atoms with Crippen LogP contribution in [0, 0.1) is 12.7 Å². The van der Waals surface area contributed by atoms with E-state index < -0.39 is 0 Å². The number of anilines is 2. The molecule has 8 heteroatoms. The van der Waals surface area contributed by atoms with Gasteiger partial charge in [0.2, 0.25) is 5.91 Å². The number of halogens is 1. The molecule has 4 rings (SSSR count). The van der Waals surface area contributed by atoms with Gasteiger partial charge in [0.15, 0.2) is 5.82 Å². The standard InChI is InChI=1S/C22H25FN6O/c1-14-20-21(28(3)15(2)22(30)27-20)26-19(25-14)9-6-17-12-24-29(13-17)11-10-16-4-7-18(23)8-5-16/h4-5,7-8,12-13,15H,6,9-11H2,1-3H3,(H,27,30)/t15-/m0/s1. The van der Waals surface area contributed by atoms with Gasteiger partial charge in [-0.2, -0.15) is 5.10 Å². The first kappa shape index (κ1) is 20.0. The van der Waals surface area contributed by atoms with Crippen LogP contribution >= 0.6 is 0 Å². The predicted octanol–water partition coefficient (Wildman–Crippen LogP) is 2.93. The predicted molar refractivity (Wildman–Crippen MR) is 113 cm³/mol. The molecule has 30 heavy (non-hydrogen) atoms. The summed E-state index contributed by atoms with van der Waals surface area (Å²) in [6.45, 7) is 4.49. The maximum atomic E-state index is 13.0. The minimum absolute atomic E-state index is 0.0440. The molecule has 0 fully saturated rings. The number of likely N-dealkylation sites (N-methyl/N-ethyl adjacent to an activating group) is 1. The molecule has 0 saturated carbocycles. The summed E-state index contributed by atoms with van der Waals surface area (Å²) in [6, 6.07) is 6.30. The van der Waals surface area contributed by atoms with Crippen molar-refractivity contribution in [1.29, 1.82) is 0 Å². The highest BCUT2D eigenvalue weighted by Gasteiger charge is 2.30.